The molecule has 112 valence electrons. The number of nitrogens with one attached hydrogen (secondary N) is 1. The summed E-state index contributed by atoms with van der Waals surface area (Å²) in [4.78, 5) is 17.9. The molecular formula is C11H14F3N3O3. The zero-order chi connectivity index (χ0) is 15.3. The average Bonchev–Trinajstić information content (AvgIpc) is 2.42. The lowest BCUT2D eigenvalue weighted by molar-refractivity contribution is -0.150. The van der Waals surface area contributed by atoms with Gasteiger partial charge < -0.3 is 15.2 Å². The number of hydrogen-bond donors (Lipinski definition) is 2. The molecule has 0 amide bonds. The van der Waals surface area contributed by atoms with Crippen LogP contribution < -0.4 is 5.32 Å². The first-order chi connectivity index (χ1) is 9.25. The fourth-order valence-corrected chi connectivity index (χ4v) is 1.32. The van der Waals surface area contributed by atoms with Crippen LogP contribution in [0, 0.1) is 0 Å². The molecule has 2 atom stereocenters. The second kappa shape index (κ2) is 6.62. The number of ether oxygens (including phenoxy) is 1. The number of rotatable bonds is 5. The average molecular weight is 293 g/mol. The molecule has 0 aliphatic heterocycles. The molecule has 9 heteroatoms. The van der Waals surface area contributed by atoms with Crippen LogP contribution in [0.2, 0.25) is 0 Å². The maximum absolute atomic E-state index is 12.3. The molecule has 0 radical (unpaired) electrons. The van der Waals surface area contributed by atoms with E-state index >= 15 is 0 Å². The third-order valence-corrected chi connectivity index (χ3v) is 2.50. The Morgan fingerprint density at radius 2 is 2.10 bits per heavy atom. The van der Waals surface area contributed by atoms with Gasteiger partial charge in [-0.3, -0.25) is 4.98 Å². The number of methoxy groups -OCH3 is 1. The third kappa shape index (κ3) is 4.42. The van der Waals surface area contributed by atoms with E-state index < -0.39 is 30.0 Å². The van der Waals surface area contributed by atoms with Gasteiger partial charge in [-0.15, -0.1) is 0 Å². The van der Waals surface area contributed by atoms with Gasteiger partial charge >= 0.3 is 12.1 Å². The molecule has 0 bridgehead atoms. The van der Waals surface area contributed by atoms with Crippen molar-refractivity contribution >= 4 is 5.97 Å². The van der Waals surface area contributed by atoms with Crippen LogP contribution in [0.25, 0.3) is 0 Å². The van der Waals surface area contributed by atoms with Crippen molar-refractivity contribution in [3.8, 4) is 0 Å². The highest BCUT2D eigenvalue weighted by Crippen LogP contribution is 2.26. The summed E-state index contributed by atoms with van der Waals surface area (Å²) in [6, 6.07) is -0.482. The highest BCUT2D eigenvalue weighted by Gasteiger charge is 2.32. The first-order valence-electron chi connectivity index (χ1n) is 5.64. The highest BCUT2D eigenvalue weighted by molar-refractivity contribution is 5.74. The number of aliphatic hydroxyl groups excluding tert-OH is 1. The standard InChI is InChI=1S/C11H14F3N3O3/c1-6(15-4-8(18)10(19)20-2)7-3-17-9(5-16-7)11(12,13)14/h3,5-6,8,15,18H,4H2,1-2H3/t6-,8+/m0/s1. The minimum Gasteiger partial charge on any atom is -0.467 e. The predicted octanol–water partition coefficient (Wildman–Crippen LogP) is 0.680. The first-order valence-corrected chi connectivity index (χ1v) is 5.64. The lowest BCUT2D eigenvalue weighted by atomic mass is 10.2. The Hall–Kier alpha value is -1.74. The number of carbonyl (C=O) groups is 1. The van der Waals surface area contributed by atoms with Gasteiger partial charge in [0.05, 0.1) is 25.2 Å². The smallest absolute Gasteiger partial charge is 0.434 e. The Morgan fingerprint density at radius 1 is 1.45 bits per heavy atom. The van der Waals surface area contributed by atoms with E-state index in [-0.39, 0.29) is 12.2 Å². The van der Waals surface area contributed by atoms with E-state index in [1.165, 1.54) is 0 Å². The quantitative estimate of drug-likeness (QED) is 0.777. The summed E-state index contributed by atoms with van der Waals surface area (Å²) < 4.78 is 41.2. The molecule has 0 saturated carbocycles. The van der Waals surface area contributed by atoms with Crippen LogP contribution in [0.1, 0.15) is 24.4 Å². The van der Waals surface area contributed by atoms with Gasteiger partial charge in [-0.05, 0) is 6.92 Å². The fraction of sp³-hybridized carbons (Fsp3) is 0.545. The molecule has 0 aromatic carbocycles. The minimum atomic E-state index is -4.54. The molecule has 0 unspecified atom stereocenters. The van der Waals surface area contributed by atoms with Gasteiger partial charge in [0.1, 0.15) is 0 Å². The van der Waals surface area contributed by atoms with E-state index in [0.717, 1.165) is 13.3 Å². The topological polar surface area (TPSA) is 84.3 Å². The molecule has 0 saturated heterocycles. The lowest BCUT2D eigenvalue weighted by Crippen LogP contribution is -2.35. The van der Waals surface area contributed by atoms with Crippen LogP contribution in [0.4, 0.5) is 13.2 Å². The van der Waals surface area contributed by atoms with E-state index in [1.54, 1.807) is 6.92 Å². The van der Waals surface area contributed by atoms with Crippen LogP contribution >= 0.6 is 0 Å². The van der Waals surface area contributed by atoms with E-state index in [9.17, 15) is 23.1 Å². The Bertz CT molecular complexity index is 450. The van der Waals surface area contributed by atoms with Gasteiger partial charge in [0, 0.05) is 12.6 Å². The number of alkyl halides is 3. The summed E-state index contributed by atoms with van der Waals surface area (Å²) in [5.41, 5.74) is -0.821. The summed E-state index contributed by atoms with van der Waals surface area (Å²) in [7, 11) is 1.14. The van der Waals surface area contributed by atoms with Crippen molar-refractivity contribution in [2.45, 2.75) is 25.2 Å². The van der Waals surface area contributed by atoms with Crippen LogP contribution in [0.5, 0.6) is 0 Å². The second-order valence-electron chi connectivity index (χ2n) is 3.99. The molecule has 2 N–H and O–H groups in total. The normalized spacial score (nSPS) is 14.7. The number of aliphatic hydroxyl groups is 1. The zero-order valence-corrected chi connectivity index (χ0v) is 10.8. The highest BCUT2D eigenvalue weighted by atomic mass is 19.4. The monoisotopic (exact) mass is 293 g/mol. The second-order valence-corrected chi connectivity index (χ2v) is 3.99. The summed E-state index contributed by atoms with van der Waals surface area (Å²) in [6.45, 7) is 1.50. The lowest BCUT2D eigenvalue weighted by Gasteiger charge is -2.15. The third-order valence-electron chi connectivity index (χ3n) is 2.50. The largest absolute Gasteiger partial charge is 0.467 e. The van der Waals surface area contributed by atoms with Crippen LogP contribution in [-0.4, -0.2) is 40.8 Å². The number of hydrogen-bond acceptors (Lipinski definition) is 6. The van der Waals surface area contributed by atoms with Crippen molar-refractivity contribution in [2.75, 3.05) is 13.7 Å². The molecule has 0 aliphatic rings. The first kappa shape index (κ1) is 16.3. The number of esters is 1. The van der Waals surface area contributed by atoms with Gasteiger partial charge in [-0.2, -0.15) is 13.2 Å². The molecular weight excluding hydrogens is 279 g/mol. The Morgan fingerprint density at radius 3 is 2.55 bits per heavy atom. The van der Waals surface area contributed by atoms with E-state index in [2.05, 4.69) is 20.0 Å². The van der Waals surface area contributed by atoms with Crippen molar-refractivity contribution in [1.82, 2.24) is 15.3 Å². The molecule has 0 spiro atoms. The molecule has 6 nitrogen and oxygen atoms in total. The maximum Gasteiger partial charge on any atom is 0.434 e. The van der Waals surface area contributed by atoms with Crippen molar-refractivity contribution in [2.24, 2.45) is 0 Å². The van der Waals surface area contributed by atoms with Crippen molar-refractivity contribution in [1.29, 1.82) is 0 Å². The molecule has 0 aliphatic carbocycles. The Labute approximate surface area is 113 Å². The van der Waals surface area contributed by atoms with E-state index in [1.807, 2.05) is 0 Å². The van der Waals surface area contributed by atoms with E-state index in [0.29, 0.717) is 6.20 Å². The SMILES string of the molecule is COC(=O)[C@H](O)CN[C@@H](C)c1cnc(C(F)(F)F)cn1. The van der Waals surface area contributed by atoms with Crippen LogP contribution in [-0.2, 0) is 15.7 Å². The number of nitrogens with zero attached hydrogens (tertiary/aromatic N) is 2. The Kier molecular flexibility index (Phi) is 5.40. The van der Waals surface area contributed by atoms with Crippen LogP contribution in [0.15, 0.2) is 12.4 Å². The maximum atomic E-state index is 12.3. The van der Waals surface area contributed by atoms with Crippen molar-refractivity contribution in [3.63, 3.8) is 0 Å². The van der Waals surface area contributed by atoms with Gasteiger partial charge in [-0.1, -0.05) is 0 Å². The molecule has 1 heterocycles. The molecule has 0 fully saturated rings. The number of aromatic nitrogens is 2. The van der Waals surface area contributed by atoms with Crippen molar-refractivity contribution in [3.05, 3.63) is 23.8 Å². The minimum absolute atomic E-state index is 0.115. The Balaban J connectivity index is 2.60. The molecule has 1 rings (SSSR count). The molecule has 20 heavy (non-hydrogen) atoms. The summed E-state index contributed by atoms with van der Waals surface area (Å²) in [5.74, 6) is -0.803. The van der Waals surface area contributed by atoms with Gasteiger partial charge in [0.2, 0.25) is 0 Å². The van der Waals surface area contributed by atoms with E-state index in [4.69, 9.17) is 0 Å². The molecule has 1 aromatic rings. The van der Waals surface area contributed by atoms with Gasteiger partial charge in [-0.25, -0.2) is 9.78 Å². The van der Waals surface area contributed by atoms with Gasteiger partial charge in [0.25, 0.3) is 0 Å². The number of carbonyl (C=O) groups excluding carboxylic acids is 1. The number of halogens is 3. The van der Waals surface area contributed by atoms with Gasteiger partial charge in [0.15, 0.2) is 11.8 Å². The molecule has 1 aromatic heterocycles. The summed E-state index contributed by atoms with van der Waals surface area (Å²) >= 11 is 0. The summed E-state index contributed by atoms with van der Waals surface area (Å²) in [5, 5.41) is 12.1. The van der Waals surface area contributed by atoms with Crippen molar-refractivity contribution < 1.29 is 27.8 Å². The summed E-state index contributed by atoms with van der Waals surface area (Å²) in [6.07, 6.45) is -4.27. The van der Waals surface area contributed by atoms with Crippen LogP contribution in [0.3, 0.4) is 0 Å². The zero-order valence-electron chi connectivity index (χ0n) is 10.8. The predicted molar refractivity (Wildman–Crippen MR) is 61.5 cm³/mol. The fourth-order valence-electron chi connectivity index (χ4n) is 1.32.